The number of hydrogen-bond acceptors (Lipinski definition) is 6. The van der Waals surface area contributed by atoms with Crippen LogP contribution >= 0.6 is 0 Å². The highest BCUT2D eigenvalue weighted by atomic mass is 16.6. The molecule has 0 aliphatic carbocycles. The van der Waals surface area contributed by atoms with Gasteiger partial charge in [0.1, 0.15) is 13.2 Å². The number of hydrogen-bond donors (Lipinski definition) is 0. The Labute approximate surface area is 421 Å². The summed E-state index contributed by atoms with van der Waals surface area (Å²) in [6.07, 6.45) is 71.9. The quantitative estimate of drug-likeness (QED) is 0.0262. The van der Waals surface area contributed by atoms with Gasteiger partial charge in [0.15, 0.2) is 6.10 Å². The van der Waals surface area contributed by atoms with E-state index in [0.29, 0.717) is 19.3 Å². The van der Waals surface area contributed by atoms with E-state index in [2.05, 4.69) is 93.7 Å². The average Bonchev–Trinajstić information content (AvgIpc) is 3.34. The molecule has 1 unspecified atom stereocenters. The molecule has 392 valence electrons. The van der Waals surface area contributed by atoms with Crippen LogP contribution in [0.25, 0.3) is 0 Å². The summed E-state index contributed by atoms with van der Waals surface area (Å²) >= 11 is 0. The fourth-order valence-corrected chi connectivity index (χ4v) is 8.06. The molecule has 0 saturated carbocycles. The summed E-state index contributed by atoms with van der Waals surface area (Å²) in [6.45, 7) is 6.46. The van der Waals surface area contributed by atoms with Crippen LogP contribution in [-0.4, -0.2) is 37.2 Å². The van der Waals surface area contributed by atoms with Crippen LogP contribution in [0.4, 0.5) is 0 Å². The topological polar surface area (TPSA) is 78.9 Å². The van der Waals surface area contributed by atoms with E-state index in [1.54, 1.807) is 0 Å². The molecule has 0 aromatic rings. The maximum absolute atomic E-state index is 12.8. The third-order valence-corrected chi connectivity index (χ3v) is 12.4. The molecule has 0 aromatic carbocycles. The van der Waals surface area contributed by atoms with Crippen molar-refractivity contribution in [1.82, 2.24) is 0 Å². The van der Waals surface area contributed by atoms with Gasteiger partial charge in [0.05, 0.1) is 0 Å². The van der Waals surface area contributed by atoms with E-state index in [9.17, 15) is 14.4 Å². The minimum absolute atomic E-state index is 0.0800. The monoisotopic (exact) mass is 949 g/mol. The summed E-state index contributed by atoms with van der Waals surface area (Å²) in [5.41, 5.74) is 0. The van der Waals surface area contributed by atoms with Crippen molar-refractivity contribution in [3.63, 3.8) is 0 Å². The van der Waals surface area contributed by atoms with Crippen LogP contribution in [0.3, 0.4) is 0 Å². The minimum atomic E-state index is -0.781. The van der Waals surface area contributed by atoms with E-state index in [0.717, 1.165) is 103 Å². The molecule has 0 aromatic heterocycles. The van der Waals surface area contributed by atoms with Crippen LogP contribution in [0.1, 0.15) is 284 Å². The highest BCUT2D eigenvalue weighted by Gasteiger charge is 2.19. The molecule has 6 nitrogen and oxygen atoms in total. The van der Waals surface area contributed by atoms with E-state index >= 15 is 0 Å². The molecule has 68 heavy (non-hydrogen) atoms. The first-order valence-corrected chi connectivity index (χ1v) is 28.9. The van der Waals surface area contributed by atoms with Crippen molar-refractivity contribution in [3.8, 4) is 0 Å². The number of unbranched alkanes of at least 4 members (excludes halogenated alkanes) is 29. The Morgan fingerprint density at radius 3 is 0.956 bits per heavy atom. The predicted octanol–water partition coefficient (Wildman–Crippen LogP) is 19.4. The van der Waals surface area contributed by atoms with Crippen molar-refractivity contribution in [2.24, 2.45) is 0 Å². The summed E-state index contributed by atoms with van der Waals surface area (Å²) in [6, 6.07) is 0. The Hall–Kier alpha value is -3.15. The van der Waals surface area contributed by atoms with Gasteiger partial charge in [0, 0.05) is 19.3 Å². The normalized spacial score (nSPS) is 12.6. The zero-order valence-corrected chi connectivity index (χ0v) is 44.9. The van der Waals surface area contributed by atoms with Crippen LogP contribution in [0.15, 0.2) is 72.9 Å². The van der Waals surface area contributed by atoms with Gasteiger partial charge < -0.3 is 14.2 Å². The standard InChI is InChI=1S/C62H108O6/c1-4-7-10-13-16-19-22-24-25-26-27-28-29-30-31-32-33-34-35-36-37-38-41-43-46-49-52-55-61(64)67-58-59(57-66-60(63)54-51-48-45-42-39-21-18-15-12-9-6-3)68-62(65)56-53-50-47-44-40-23-20-17-14-11-8-5-2/h7,10,15-20,24-25,27-28,59H,4-6,8-9,11-14,21-23,26,29-58H2,1-3H3/b10-7-,18-15-,19-16-,20-17-,25-24-,28-27-. The van der Waals surface area contributed by atoms with Crippen molar-refractivity contribution in [2.75, 3.05) is 13.2 Å². The second-order valence-corrected chi connectivity index (χ2v) is 19.2. The lowest BCUT2D eigenvalue weighted by molar-refractivity contribution is -0.167. The third-order valence-electron chi connectivity index (χ3n) is 12.4. The molecule has 0 spiro atoms. The number of allylic oxidation sites excluding steroid dienone is 12. The van der Waals surface area contributed by atoms with Crippen molar-refractivity contribution in [2.45, 2.75) is 290 Å². The summed E-state index contributed by atoms with van der Waals surface area (Å²) in [5.74, 6) is -0.893. The van der Waals surface area contributed by atoms with E-state index < -0.39 is 6.10 Å². The highest BCUT2D eigenvalue weighted by Crippen LogP contribution is 2.16. The average molecular weight is 950 g/mol. The highest BCUT2D eigenvalue weighted by molar-refractivity contribution is 5.71. The van der Waals surface area contributed by atoms with Crippen molar-refractivity contribution in [1.29, 1.82) is 0 Å². The number of carbonyl (C=O) groups excluding carboxylic acids is 3. The maximum atomic E-state index is 12.8. The van der Waals surface area contributed by atoms with Crippen molar-refractivity contribution in [3.05, 3.63) is 72.9 Å². The lowest BCUT2D eigenvalue weighted by Gasteiger charge is -2.18. The molecule has 0 rings (SSSR count). The molecular weight excluding hydrogens is 841 g/mol. The summed E-state index contributed by atoms with van der Waals surface area (Å²) in [4.78, 5) is 38.0. The molecule has 0 saturated heterocycles. The van der Waals surface area contributed by atoms with E-state index in [1.165, 1.54) is 141 Å². The smallest absolute Gasteiger partial charge is 0.306 e. The van der Waals surface area contributed by atoms with Gasteiger partial charge >= 0.3 is 17.9 Å². The summed E-state index contributed by atoms with van der Waals surface area (Å²) in [7, 11) is 0. The number of esters is 3. The van der Waals surface area contributed by atoms with Gasteiger partial charge in [-0.15, -0.1) is 0 Å². The Morgan fingerprint density at radius 2 is 0.588 bits per heavy atom. The van der Waals surface area contributed by atoms with Crippen LogP contribution in [0, 0.1) is 0 Å². The van der Waals surface area contributed by atoms with Crippen LogP contribution in [0.2, 0.25) is 0 Å². The SMILES string of the molecule is CC/C=C\C/C=C\C/C=C\C/C=C\CCCCCCCCCCCCCCCCC(=O)OCC(COC(=O)CCCCCCC/C=C\CCCC)OC(=O)CCCCCCC/C=C\CCCCC. The predicted molar refractivity (Wildman–Crippen MR) is 293 cm³/mol. The van der Waals surface area contributed by atoms with Gasteiger partial charge in [-0.25, -0.2) is 0 Å². The lowest BCUT2D eigenvalue weighted by Crippen LogP contribution is -2.30. The Balaban J connectivity index is 4.17. The molecule has 0 fully saturated rings. The van der Waals surface area contributed by atoms with Gasteiger partial charge in [-0.3, -0.25) is 14.4 Å². The zero-order valence-electron chi connectivity index (χ0n) is 44.9. The number of carbonyl (C=O) groups is 3. The van der Waals surface area contributed by atoms with E-state index in [1.807, 2.05) is 0 Å². The molecule has 0 aliphatic rings. The lowest BCUT2D eigenvalue weighted by atomic mass is 10.0. The van der Waals surface area contributed by atoms with Gasteiger partial charge in [0.2, 0.25) is 0 Å². The van der Waals surface area contributed by atoms with Gasteiger partial charge in [-0.2, -0.15) is 0 Å². The minimum Gasteiger partial charge on any atom is -0.462 e. The van der Waals surface area contributed by atoms with Gasteiger partial charge in [0.25, 0.3) is 0 Å². The van der Waals surface area contributed by atoms with Crippen molar-refractivity contribution < 1.29 is 28.6 Å². The number of rotatable bonds is 52. The van der Waals surface area contributed by atoms with Gasteiger partial charge in [-0.1, -0.05) is 235 Å². The molecule has 0 aliphatic heterocycles. The van der Waals surface area contributed by atoms with Crippen molar-refractivity contribution >= 4 is 17.9 Å². The third kappa shape index (κ3) is 53.8. The Kier molecular flexibility index (Phi) is 53.8. The zero-order chi connectivity index (χ0) is 49.3. The molecule has 0 bridgehead atoms. The first kappa shape index (κ1) is 64.8. The Bertz CT molecular complexity index is 1270. The number of ether oxygens (including phenoxy) is 3. The molecule has 6 heteroatoms. The van der Waals surface area contributed by atoms with Gasteiger partial charge in [-0.05, 0) is 103 Å². The Morgan fingerprint density at radius 1 is 0.309 bits per heavy atom. The largest absolute Gasteiger partial charge is 0.462 e. The molecular formula is C62H108O6. The summed E-state index contributed by atoms with van der Waals surface area (Å²) < 4.78 is 16.8. The molecule has 0 heterocycles. The summed E-state index contributed by atoms with van der Waals surface area (Å²) in [5, 5.41) is 0. The van der Waals surface area contributed by atoms with Crippen LogP contribution < -0.4 is 0 Å². The first-order chi connectivity index (χ1) is 33.5. The molecule has 0 N–H and O–H groups in total. The molecule has 1 atom stereocenters. The molecule has 0 amide bonds. The fourth-order valence-electron chi connectivity index (χ4n) is 8.06. The molecule has 0 radical (unpaired) electrons. The van der Waals surface area contributed by atoms with E-state index in [-0.39, 0.29) is 31.1 Å². The first-order valence-electron chi connectivity index (χ1n) is 28.9. The fraction of sp³-hybridized carbons (Fsp3) is 0.758. The maximum Gasteiger partial charge on any atom is 0.306 e. The van der Waals surface area contributed by atoms with Crippen LogP contribution in [0.5, 0.6) is 0 Å². The van der Waals surface area contributed by atoms with E-state index in [4.69, 9.17) is 14.2 Å². The van der Waals surface area contributed by atoms with Crippen LogP contribution in [-0.2, 0) is 28.6 Å². The second-order valence-electron chi connectivity index (χ2n) is 19.2. The second kappa shape index (κ2) is 56.4.